The Bertz CT molecular complexity index is 795. The molecular weight excluding hydrogens is 342 g/mol. The van der Waals surface area contributed by atoms with E-state index in [1.807, 2.05) is 41.7 Å². The van der Waals surface area contributed by atoms with Gasteiger partial charge in [0.1, 0.15) is 0 Å². The molecule has 1 fully saturated rings. The van der Waals surface area contributed by atoms with E-state index in [0.717, 1.165) is 11.5 Å². The number of aromatic nitrogens is 2. The highest BCUT2D eigenvalue weighted by atomic mass is 32.2. The summed E-state index contributed by atoms with van der Waals surface area (Å²) in [6, 6.07) is 7.73. The number of ketones is 1. The summed E-state index contributed by atoms with van der Waals surface area (Å²) in [6.45, 7) is 3.53. The number of rotatable bonds is 4. The second-order valence-electron chi connectivity index (χ2n) is 5.65. The monoisotopic (exact) mass is 361 g/mol. The lowest BCUT2D eigenvalue weighted by Gasteiger charge is -2.11. The summed E-state index contributed by atoms with van der Waals surface area (Å²) in [6.07, 6.45) is 0. The fourth-order valence-electron chi connectivity index (χ4n) is 2.72. The van der Waals surface area contributed by atoms with Crippen LogP contribution in [-0.2, 0) is 11.8 Å². The number of Topliss-reactive ketones (excluding diaryl/α,β-unsaturated/α-hetero) is 1. The lowest BCUT2D eigenvalue weighted by atomic mass is 10.1. The van der Waals surface area contributed by atoms with Crippen LogP contribution in [0.5, 0.6) is 0 Å². The van der Waals surface area contributed by atoms with Crippen LogP contribution in [-0.4, -0.2) is 33.0 Å². The van der Waals surface area contributed by atoms with Gasteiger partial charge in [-0.25, -0.2) is 0 Å². The fourth-order valence-corrected chi connectivity index (χ4v) is 5.56. The molecule has 2 aromatic rings. The zero-order valence-corrected chi connectivity index (χ0v) is 15.5. The largest absolute Gasteiger partial charge is 0.319 e. The molecule has 0 spiro atoms. The van der Waals surface area contributed by atoms with Crippen LogP contribution in [0.2, 0.25) is 0 Å². The SMILES string of the molecule is Cc1nn(C)c(C)c1C(=O)C(=O)Nc1cccc(C2SCCS2)c1. The van der Waals surface area contributed by atoms with Crippen LogP contribution < -0.4 is 5.32 Å². The van der Waals surface area contributed by atoms with Gasteiger partial charge in [-0.15, -0.1) is 23.5 Å². The topological polar surface area (TPSA) is 64.0 Å². The number of anilines is 1. The van der Waals surface area contributed by atoms with E-state index < -0.39 is 11.7 Å². The second-order valence-corrected chi connectivity index (χ2v) is 8.38. The van der Waals surface area contributed by atoms with E-state index in [1.165, 1.54) is 5.56 Å². The number of thioether (sulfide) groups is 2. The lowest BCUT2D eigenvalue weighted by Crippen LogP contribution is -2.24. The molecule has 1 saturated heterocycles. The van der Waals surface area contributed by atoms with Gasteiger partial charge >= 0.3 is 0 Å². The van der Waals surface area contributed by atoms with Crippen LogP contribution in [0.1, 0.15) is 31.9 Å². The number of amides is 1. The van der Waals surface area contributed by atoms with E-state index in [-0.39, 0.29) is 0 Å². The number of hydrogen-bond acceptors (Lipinski definition) is 5. The van der Waals surface area contributed by atoms with Crippen LogP contribution in [0.25, 0.3) is 0 Å². The Morgan fingerprint density at radius 2 is 1.96 bits per heavy atom. The van der Waals surface area contributed by atoms with E-state index in [0.29, 0.717) is 27.2 Å². The van der Waals surface area contributed by atoms with E-state index in [9.17, 15) is 9.59 Å². The summed E-state index contributed by atoms with van der Waals surface area (Å²) < 4.78 is 2.02. The molecule has 5 nitrogen and oxygen atoms in total. The van der Waals surface area contributed by atoms with Crippen molar-refractivity contribution < 1.29 is 9.59 Å². The molecule has 7 heteroatoms. The van der Waals surface area contributed by atoms with Gasteiger partial charge in [-0.1, -0.05) is 12.1 Å². The Labute approximate surface area is 149 Å². The van der Waals surface area contributed by atoms with Gasteiger partial charge in [0.05, 0.1) is 15.8 Å². The average Bonchev–Trinajstić information content (AvgIpc) is 3.16. The number of benzene rings is 1. The molecular formula is C17H19N3O2S2. The van der Waals surface area contributed by atoms with Gasteiger partial charge in [-0.3, -0.25) is 14.3 Å². The van der Waals surface area contributed by atoms with Gasteiger partial charge in [0.2, 0.25) is 0 Å². The smallest absolute Gasteiger partial charge is 0.296 e. The molecule has 0 aliphatic carbocycles. The molecule has 0 radical (unpaired) electrons. The van der Waals surface area contributed by atoms with Crippen molar-refractivity contribution in [2.45, 2.75) is 18.4 Å². The third-order valence-electron chi connectivity index (χ3n) is 3.98. The highest BCUT2D eigenvalue weighted by Crippen LogP contribution is 2.45. The van der Waals surface area contributed by atoms with E-state index in [1.54, 1.807) is 25.6 Å². The van der Waals surface area contributed by atoms with Crippen molar-refractivity contribution in [1.82, 2.24) is 9.78 Å². The maximum atomic E-state index is 12.5. The van der Waals surface area contributed by atoms with E-state index in [4.69, 9.17) is 0 Å². The van der Waals surface area contributed by atoms with Crippen LogP contribution >= 0.6 is 23.5 Å². The summed E-state index contributed by atoms with van der Waals surface area (Å²) in [7, 11) is 1.76. The van der Waals surface area contributed by atoms with Crippen molar-refractivity contribution in [3.8, 4) is 0 Å². The first-order valence-electron chi connectivity index (χ1n) is 7.66. The first kappa shape index (κ1) is 17.1. The lowest BCUT2D eigenvalue weighted by molar-refractivity contribution is -0.112. The van der Waals surface area contributed by atoms with E-state index in [2.05, 4.69) is 16.5 Å². The summed E-state index contributed by atoms with van der Waals surface area (Å²) in [5.41, 5.74) is 3.47. The summed E-state index contributed by atoms with van der Waals surface area (Å²) in [5.74, 6) is 1.11. The summed E-state index contributed by atoms with van der Waals surface area (Å²) >= 11 is 3.81. The molecule has 0 saturated carbocycles. The van der Waals surface area contributed by atoms with E-state index >= 15 is 0 Å². The first-order valence-corrected chi connectivity index (χ1v) is 9.76. The van der Waals surface area contributed by atoms with Crippen LogP contribution in [0.15, 0.2) is 24.3 Å². The molecule has 1 amide bonds. The minimum absolute atomic E-state index is 0.382. The van der Waals surface area contributed by atoms with Gasteiger partial charge in [0.15, 0.2) is 0 Å². The Morgan fingerprint density at radius 1 is 1.25 bits per heavy atom. The van der Waals surface area contributed by atoms with Crippen molar-refractivity contribution in [1.29, 1.82) is 0 Å². The predicted molar refractivity (Wildman–Crippen MR) is 99.7 cm³/mol. The van der Waals surface area contributed by atoms with Crippen molar-refractivity contribution in [3.05, 3.63) is 46.8 Å². The normalized spacial score (nSPS) is 14.8. The molecule has 0 bridgehead atoms. The Morgan fingerprint density at radius 3 is 2.58 bits per heavy atom. The molecule has 0 unspecified atom stereocenters. The van der Waals surface area contributed by atoms with Crippen LogP contribution in [0.3, 0.4) is 0 Å². The molecule has 1 N–H and O–H groups in total. The Kier molecular flexibility index (Phi) is 5.01. The van der Waals surface area contributed by atoms with Gasteiger partial charge in [0, 0.05) is 29.9 Å². The fraction of sp³-hybridized carbons (Fsp3) is 0.353. The predicted octanol–water partition coefficient (Wildman–Crippen LogP) is 3.34. The highest BCUT2D eigenvalue weighted by molar-refractivity contribution is 8.19. The molecule has 3 rings (SSSR count). The maximum absolute atomic E-state index is 12.5. The second kappa shape index (κ2) is 7.03. The van der Waals surface area contributed by atoms with Crippen LogP contribution in [0, 0.1) is 13.8 Å². The standard InChI is InChI=1S/C17H19N3O2S2/c1-10-14(11(2)20(3)19-10)15(21)16(22)18-13-6-4-5-12(9-13)17-23-7-8-24-17/h4-6,9,17H,7-8H2,1-3H3,(H,18,22). The van der Waals surface area contributed by atoms with Gasteiger partial charge < -0.3 is 5.32 Å². The van der Waals surface area contributed by atoms with Gasteiger partial charge in [0.25, 0.3) is 11.7 Å². The minimum atomic E-state index is -0.627. The van der Waals surface area contributed by atoms with Crippen molar-refractivity contribution >= 4 is 40.9 Å². The molecule has 24 heavy (non-hydrogen) atoms. The average molecular weight is 361 g/mol. The maximum Gasteiger partial charge on any atom is 0.296 e. The number of nitrogens with zero attached hydrogens (tertiary/aromatic N) is 2. The number of hydrogen-bond donors (Lipinski definition) is 1. The van der Waals surface area contributed by atoms with Crippen molar-refractivity contribution in [2.24, 2.45) is 7.05 Å². The van der Waals surface area contributed by atoms with Crippen molar-refractivity contribution in [3.63, 3.8) is 0 Å². The summed E-state index contributed by atoms with van der Waals surface area (Å²) in [4.78, 5) is 24.8. The highest BCUT2D eigenvalue weighted by Gasteiger charge is 2.24. The zero-order valence-electron chi connectivity index (χ0n) is 13.8. The van der Waals surface area contributed by atoms with Crippen LogP contribution in [0.4, 0.5) is 5.69 Å². The molecule has 0 atom stereocenters. The third-order valence-corrected chi connectivity index (χ3v) is 7.09. The number of aryl methyl sites for hydroxylation is 2. The molecule has 2 heterocycles. The molecule has 126 valence electrons. The Balaban J connectivity index is 1.77. The Hall–Kier alpha value is -1.73. The first-order chi connectivity index (χ1) is 11.5. The zero-order chi connectivity index (χ0) is 17.3. The molecule has 1 aliphatic rings. The third kappa shape index (κ3) is 3.37. The number of nitrogens with one attached hydrogen (secondary N) is 1. The number of carbonyl (C=O) groups is 2. The van der Waals surface area contributed by atoms with Crippen molar-refractivity contribution in [2.75, 3.05) is 16.8 Å². The van der Waals surface area contributed by atoms with Gasteiger partial charge in [-0.2, -0.15) is 5.10 Å². The minimum Gasteiger partial charge on any atom is -0.319 e. The molecule has 1 aliphatic heterocycles. The number of carbonyl (C=O) groups excluding carboxylic acids is 2. The summed E-state index contributed by atoms with van der Waals surface area (Å²) in [5, 5.41) is 6.92. The van der Waals surface area contributed by atoms with Gasteiger partial charge in [-0.05, 0) is 31.5 Å². The molecule has 1 aromatic heterocycles. The quantitative estimate of drug-likeness (QED) is 0.668. The molecule has 1 aromatic carbocycles.